The molecule has 2 heterocycles. The number of nitrogens with one attached hydrogen (secondary N) is 1. The molecule has 0 saturated heterocycles. The molecular formula is C24H25ClN4O2S. The van der Waals surface area contributed by atoms with Crippen molar-refractivity contribution in [3.63, 3.8) is 0 Å². The molecule has 3 aromatic rings. The number of aromatic nitrogens is 3. The molecule has 4 aliphatic rings. The Labute approximate surface area is 196 Å². The van der Waals surface area contributed by atoms with Crippen LogP contribution < -0.4 is 10.1 Å². The van der Waals surface area contributed by atoms with Gasteiger partial charge in [-0.3, -0.25) is 10.1 Å². The van der Waals surface area contributed by atoms with Crippen molar-refractivity contribution in [2.75, 3.05) is 5.32 Å². The number of ether oxygens (including phenoxy) is 1. The summed E-state index contributed by atoms with van der Waals surface area (Å²) in [5.74, 6) is 2.92. The van der Waals surface area contributed by atoms with Gasteiger partial charge in [0, 0.05) is 17.0 Å². The maximum atomic E-state index is 12.9. The first-order valence-corrected chi connectivity index (χ1v) is 12.5. The predicted octanol–water partition coefficient (Wildman–Crippen LogP) is 5.75. The fourth-order valence-electron chi connectivity index (χ4n) is 6.48. The molecule has 0 aliphatic heterocycles. The number of para-hydroxylation sites is 1. The maximum absolute atomic E-state index is 12.9. The van der Waals surface area contributed by atoms with Crippen LogP contribution in [-0.2, 0) is 12.1 Å². The lowest BCUT2D eigenvalue weighted by molar-refractivity contribution is -0.00688. The Morgan fingerprint density at radius 1 is 1.16 bits per heavy atom. The summed E-state index contributed by atoms with van der Waals surface area (Å²) in [6.45, 7) is 0.0931. The van der Waals surface area contributed by atoms with E-state index in [9.17, 15) is 4.79 Å². The number of carbonyl (C=O) groups excluding carboxylic acids is 1. The van der Waals surface area contributed by atoms with E-state index < -0.39 is 0 Å². The Bertz CT molecular complexity index is 1120. The van der Waals surface area contributed by atoms with Gasteiger partial charge in [0.05, 0.1) is 10.7 Å². The number of hydrogen-bond donors (Lipinski definition) is 1. The van der Waals surface area contributed by atoms with Crippen molar-refractivity contribution in [3.8, 4) is 5.75 Å². The number of hydrogen-bond acceptors (Lipinski definition) is 5. The van der Waals surface area contributed by atoms with Gasteiger partial charge in [0.25, 0.3) is 5.91 Å². The number of rotatable bonds is 6. The number of carbonyl (C=O) groups is 1. The van der Waals surface area contributed by atoms with E-state index in [0.29, 0.717) is 21.6 Å². The van der Waals surface area contributed by atoms with E-state index in [1.165, 1.54) is 60.2 Å². The summed E-state index contributed by atoms with van der Waals surface area (Å²) in [6.07, 6.45) is 9.62. The molecule has 0 spiro atoms. The Morgan fingerprint density at radius 3 is 2.59 bits per heavy atom. The Balaban J connectivity index is 1.15. The number of amides is 1. The van der Waals surface area contributed by atoms with Crippen molar-refractivity contribution >= 4 is 34.0 Å². The molecule has 8 heteroatoms. The lowest BCUT2D eigenvalue weighted by Gasteiger charge is -2.56. The first kappa shape index (κ1) is 20.2. The van der Waals surface area contributed by atoms with Crippen LogP contribution in [0.3, 0.4) is 0 Å². The van der Waals surface area contributed by atoms with Crippen molar-refractivity contribution in [1.82, 2.24) is 14.8 Å². The van der Waals surface area contributed by atoms with Gasteiger partial charge in [-0.15, -0.1) is 11.3 Å². The van der Waals surface area contributed by atoms with E-state index in [-0.39, 0.29) is 18.1 Å². The predicted molar refractivity (Wildman–Crippen MR) is 124 cm³/mol. The molecule has 2 aromatic heterocycles. The molecule has 4 fully saturated rings. The second-order valence-electron chi connectivity index (χ2n) is 9.61. The van der Waals surface area contributed by atoms with Crippen LogP contribution in [0.1, 0.15) is 54.7 Å². The largest absolute Gasteiger partial charge is 0.470 e. The molecule has 6 nitrogen and oxygen atoms in total. The average Bonchev–Trinajstić information content (AvgIpc) is 3.42. The molecule has 1 amide bonds. The molecule has 166 valence electrons. The smallest absolute Gasteiger partial charge is 0.275 e. The third-order valence-electron chi connectivity index (χ3n) is 7.43. The molecule has 4 aliphatic carbocycles. The fraction of sp³-hybridized carbons (Fsp3) is 0.458. The van der Waals surface area contributed by atoms with Crippen LogP contribution in [0.25, 0.3) is 0 Å². The highest BCUT2D eigenvalue weighted by Gasteiger charge is 2.52. The highest BCUT2D eigenvalue weighted by Crippen LogP contribution is 2.60. The Morgan fingerprint density at radius 2 is 1.88 bits per heavy atom. The summed E-state index contributed by atoms with van der Waals surface area (Å²) in [7, 11) is 0. The second kappa shape index (κ2) is 7.89. The van der Waals surface area contributed by atoms with Crippen molar-refractivity contribution in [2.45, 2.75) is 50.7 Å². The minimum Gasteiger partial charge on any atom is -0.470 e. The molecule has 0 radical (unpaired) electrons. The van der Waals surface area contributed by atoms with Crippen LogP contribution >= 0.6 is 22.9 Å². The van der Waals surface area contributed by atoms with Gasteiger partial charge in [-0.05, 0) is 74.5 Å². The van der Waals surface area contributed by atoms with Crippen LogP contribution in [0.2, 0.25) is 5.02 Å². The third-order valence-corrected chi connectivity index (χ3v) is 8.50. The number of halogens is 1. The van der Waals surface area contributed by atoms with E-state index in [1.807, 2.05) is 12.1 Å². The fourth-order valence-corrected chi connectivity index (χ4v) is 7.50. The first-order valence-electron chi connectivity index (χ1n) is 11.2. The summed E-state index contributed by atoms with van der Waals surface area (Å²) in [4.78, 5) is 17.8. The number of nitrogens with zero attached hydrogens (tertiary/aromatic N) is 3. The molecule has 1 aromatic carbocycles. The van der Waals surface area contributed by atoms with Gasteiger partial charge in [0.2, 0.25) is 0 Å². The molecule has 4 saturated carbocycles. The lowest BCUT2D eigenvalue weighted by Crippen LogP contribution is -2.48. The molecule has 7 rings (SSSR count). The van der Waals surface area contributed by atoms with Crippen molar-refractivity contribution in [3.05, 3.63) is 58.3 Å². The van der Waals surface area contributed by atoms with Crippen LogP contribution in [0.15, 0.2) is 41.9 Å². The third kappa shape index (κ3) is 3.61. The Kier molecular flexibility index (Phi) is 4.99. The van der Waals surface area contributed by atoms with Crippen molar-refractivity contribution in [2.24, 2.45) is 17.8 Å². The zero-order valence-corrected chi connectivity index (χ0v) is 19.2. The maximum Gasteiger partial charge on any atom is 0.275 e. The van der Waals surface area contributed by atoms with Gasteiger partial charge in [-0.25, -0.2) is 9.67 Å². The number of anilines is 1. The monoisotopic (exact) mass is 468 g/mol. The van der Waals surface area contributed by atoms with Crippen LogP contribution in [-0.4, -0.2) is 20.7 Å². The van der Waals surface area contributed by atoms with E-state index in [1.54, 1.807) is 24.4 Å². The number of thiazole rings is 1. The minimum atomic E-state index is -0.239. The van der Waals surface area contributed by atoms with Crippen LogP contribution in [0.4, 0.5) is 5.13 Å². The van der Waals surface area contributed by atoms with Crippen LogP contribution in [0, 0.1) is 17.8 Å². The Hall–Kier alpha value is -2.38. The van der Waals surface area contributed by atoms with Gasteiger partial charge < -0.3 is 4.74 Å². The quantitative estimate of drug-likeness (QED) is 0.500. The molecule has 1 N–H and O–H groups in total. The molecule has 0 atom stereocenters. The first-order chi connectivity index (χ1) is 15.6. The topological polar surface area (TPSA) is 69.0 Å². The number of benzene rings is 1. The van der Waals surface area contributed by atoms with E-state index in [0.717, 1.165) is 17.8 Å². The summed E-state index contributed by atoms with van der Waals surface area (Å²) >= 11 is 7.67. The molecular weight excluding hydrogens is 444 g/mol. The summed E-state index contributed by atoms with van der Waals surface area (Å²) in [5, 5.41) is 10.5. The average molecular weight is 469 g/mol. The SMILES string of the molecule is O=C(Nc1nc(C23CC4CC(CC(C4)C2)C3)cs1)c1ccnn1COc1ccccc1Cl. The van der Waals surface area contributed by atoms with E-state index >= 15 is 0 Å². The molecule has 0 unspecified atom stereocenters. The van der Waals surface area contributed by atoms with Crippen molar-refractivity contribution in [1.29, 1.82) is 0 Å². The summed E-state index contributed by atoms with van der Waals surface area (Å²) < 4.78 is 7.26. The van der Waals surface area contributed by atoms with E-state index in [2.05, 4.69) is 15.8 Å². The van der Waals surface area contributed by atoms with E-state index in [4.69, 9.17) is 21.3 Å². The standard InChI is InChI=1S/C24H25ClN4O2S/c25-18-3-1-2-4-20(18)31-14-29-19(5-6-26-29)22(30)28-23-27-21(13-32-23)24-10-15-7-16(11-24)9-17(8-15)12-24/h1-6,13,15-17H,7-12,14H2,(H,27,28,30). The molecule has 32 heavy (non-hydrogen) atoms. The van der Waals surface area contributed by atoms with Crippen molar-refractivity contribution < 1.29 is 9.53 Å². The zero-order chi connectivity index (χ0) is 21.7. The normalized spacial score (nSPS) is 28.1. The second-order valence-corrected chi connectivity index (χ2v) is 10.9. The summed E-state index contributed by atoms with van der Waals surface area (Å²) in [6, 6.07) is 8.92. The van der Waals surface area contributed by atoms with Crippen LogP contribution in [0.5, 0.6) is 5.75 Å². The zero-order valence-electron chi connectivity index (χ0n) is 17.7. The van der Waals surface area contributed by atoms with Gasteiger partial charge in [-0.1, -0.05) is 23.7 Å². The summed E-state index contributed by atoms with van der Waals surface area (Å²) in [5.41, 5.74) is 1.84. The molecule has 4 bridgehead atoms. The van der Waals surface area contributed by atoms with Gasteiger partial charge in [-0.2, -0.15) is 5.10 Å². The lowest BCUT2D eigenvalue weighted by atomic mass is 9.49. The highest BCUT2D eigenvalue weighted by atomic mass is 35.5. The minimum absolute atomic E-state index is 0.0931. The van der Waals surface area contributed by atoms with Gasteiger partial charge in [0.1, 0.15) is 11.4 Å². The highest BCUT2D eigenvalue weighted by molar-refractivity contribution is 7.14. The van der Waals surface area contributed by atoms with Gasteiger partial charge in [0.15, 0.2) is 11.9 Å². The van der Waals surface area contributed by atoms with Gasteiger partial charge >= 0.3 is 0 Å².